The minimum atomic E-state index is -4.45. The highest BCUT2D eigenvalue weighted by atomic mass is 127. The van der Waals surface area contributed by atoms with Crippen molar-refractivity contribution in [3.8, 4) is 5.75 Å². The van der Waals surface area contributed by atoms with Gasteiger partial charge in [-0.25, -0.2) is 0 Å². The molecule has 0 aliphatic heterocycles. The molecule has 1 atom stereocenters. The minimum Gasteiger partial charge on any atom is -0.497 e. The van der Waals surface area contributed by atoms with Gasteiger partial charge in [-0.3, -0.25) is 4.99 Å². The first-order valence-electron chi connectivity index (χ1n) is 7.02. The Hall–Kier alpha value is -1.23. The van der Waals surface area contributed by atoms with Crippen molar-refractivity contribution in [2.45, 2.75) is 25.7 Å². The molecular formula is C15H23F3IN3O2. The SMILES string of the molecule is CN=C(NCc1ccc(OC)cc1C(F)(F)F)NC(C)COC.I. The zero-order valence-electron chi connectivity index (χ0n) is 14.0. The normalized spacial score (nSPS) is 13.0. The van der Waals surface area contributed by atoms with E-state index in [0.29, 0.717) is 12.6 Å². The Morgan fingerprint density at radius 2 is 1.96 bits per heavy atom. The van der Waals surface area contributed by atoms with Gasteiger partial charge in [0.15, 0.2) is 5.96 Å². The summed E-state index contributed by atoms with van der Waals surface area (Å²) in [6.07, 6.45) is -4.45. The summed E-state index contributed by atoms with van der Waals surface area (Å²) in [5.74, 6) is 0.566. The molecule has 0 heterocycles. The van der Waals surface area contributed by atoms with Crippen LogP contribution in [0.1, 0.15) is 18.1 Å². The number of aliphatic imine (C=N–C) groups is 1. The highest BCUT2D eigenvalue weighted by Crippen LogP contribution is 2.34. The number of ether oxygens (including phenoxy) is 2. The van der Waals surface area contributed by atoms with E-state index in [2.05, 4.69) is 15.6 Å². The first-order chi connectivity index (χ1) is 10.8. The molecule has 0 aromatic heterocycles. The monoisotopic (exact) mass is 461 g/mol. The van der Waals surface area contributed by atoms with Gasteiger partial charge in [-0.1, -0.05) is 6.07 Å². The van der Waals surface area contributed by atoms with E-state index in [0.717, 1.165) is 6.07 Å². The van der Waals surface area contributed by atoms with Crippen molar-refractivity contribution < 1.29 is 22.6 Å². The fourth-order valence-corrected chi connectivity index (χ4v) is 2.00. The van der Waals surface area contributed by atoms with Gasteiger partial charge in [-0.15, -0.1) is 24.0 Å². The number of hydrogen-bond acceptors (Lipinski definition) is 3. The third-order valence-corrected chi connectivity index (χ3v) is 3.09. The van der Waals surface area contributed by atoms with Crippen molar-refractivity contribution in [2.75, 3.05) is 27.9 Å². The van der Waals surface area contributed by atoms with Crippen LogP contribution < -0.4 is 15.4 Å². The van der Waals surface area contributed by atoms with E-state index in [1.54, 1.807) is 14.2 Å². The van der Waals surface area contributed by atoms with Crippen LogP contribution in [0.25, 0.3) is 0 Å². The molecule has 0 saturated heterocycles. The van der Waals surface area contributed by atoms with Crippen LogP contribution in [0.3, 0.4) is 0 Å². The third-order valence-electron chi connectivity index (χ3n) is 3.09. The van der Waals surface area contributed by atoms with Crippen molar-refractivity contribution in [3.05, 3.63) is 29.3 Å². The fraction of sp³-hybridized carbons (Fsp3) is 0.533. The lowest BCUT2D eigenvalue weighted by atomic mass is 10.1. The van der Waals surface area contributed by atoms with Crippen molar-refractivity contribution in [1.82, 2.24) is 10.6 Å². The van der Waals surface area contributed by atoms with Crippen LogP contribution >= 0.6 is 24.0 Å². The molecule has 0 aliphatic rings. The largest absolute Gasteiger partial charge is 0.497 e. The summed E-state index contributed by atoms with van der Waals surface area (Å²) in [7, 11) is 4.45. The number of benzene rings is 1. The van der Waals surface area contributed by atoms with Gasteiger partial charge < -0.3 is 20.1 Å². The first kappa shape index (κ1) is 22.8. The second-order valence-electron chi connectivity index (χ2n) is 4.95. The maximum absolute atomic E-state index is 13.1. The molecular weight excluding hydrogens is 438 g/mol. The summed E-state index contributed by atoms with van der Waals surface area (Å²) in [5.41, 5.74) is -0.620. The van der Waals surface area contributed by atoms with Crippen molar-refractivity contribution in [2.24, 2.45) is 4.99 Å². The van der Waals surface area contributed by atoms with Crippen LogP contribution in [0.2, 0.25) is 0 Å². The van der Waals surface area contributed by atoms with Crippen LogP contribution in [-0.4, -0.2) is 39.9 Å². The van der Waals surface area contributed by atoms with Gasteiger partial charge in [0.25, 0.3) is 0 Å². The third kappa shape index (κ3) is 7.12. The molecule has 24 heavy (non-hydrogen) atoms. The summed E-state index contributed by atoms with van der Waals surface area (Å²) in [6.45, 7) is 2.32. The van der Waals surface area contributed by atoms with E-state index in [-0.39, 0.29) is 47.9 Å². The average Bonchev–Trinajstić information content (AvgIpc) is 2.50. The zero-order chi connectivity index (χ0) is 17.5. The maximum Gasteiger partial charge on any atom is 0.416 e. The molecule has 9 heteroatoms. The second-order valence-corrected chi connectivity index (χ2v) is 4.95. The molecule has 0 fully saturated rings. The zero-order valence-corrected chi connectivity index (χ0v) is 16.4. The lowest BCUT2D eigenvalue weighted by Gasteiger charge is -2.19. The molecule has 1 aromatic rings. The number of halogens is 4. The van der Waals surface area contributed by atoms with E-state index in [1.165, 1.54) is 19.2 Å². The van der Waals surface area contributed by atoms with Gasteiger partial charge in [0.1, 0.15) is 5.75 Å². The summed E-state index contributed by atoms with van der Waals surface area (Å²) < 4.78 is 49.3. The molecule has 0 amide bonds. The molecule has 138 valence electrons. The van der Waals surface area contributed by atoms with Crippen LogP contribution in [-0.2, 0) is 17.5 Å². The topological polar surface area (TPSA) is 54.9 Å². The highest BCUT2D eigenvalue weighted by Gasteiger charge is 2.33. The average molecular weight is 461 g/mol. The molecule has 0 aliphatic carbocycles. The maximum atomic E-state index is 13.1. The molecule has 1 unspecified atom stereocenters. The Labute approximate surface area is 157 Å². The molecule has 5 nitrogen and oxygen atoms in total. The van der Waals surface area contributed by atoms with E-state index < -0.39 is 11.7 Å². The van der Waals surface area contributed by atoms with E-state index >= 15 is 0 Å². The number of guanidine groups is 1. The van der Waals surface area contributed by atoms with Crippen LogP contribution in [0, 0.1) is 0 Å². The van der Waals surface area contributed by atoms with Gasteiger partial charge in [0.05, 0.1) is 19.3 Å². The molecule has 1 aromatic carbocycles. The Morgan fingerprint density at radius 1 is 1.29 bits per heavy atom. The predicted molar refractivity (Wildman–Crippen MR) is 98.1 cm³/mol. The van der Waals surface area contributed by atoms with Gasteiger partial charge in [0, 0.05) is 26.7 Å². The smallest absolute Gasteiger partial charge is 0.416 e. The summed E-state index contributed by atoms with van der Waals surface area (Å²) in [6, 6.07) is 3.85. The number of rotatable bonds is 6. The fourth-order valence-electron chi connectivity index (χ4n) is 2.00. The first-order valence-corrected chi connectivity index (χ1v) is 7.02. The summed E-state index contributed by atoms with van der Waals surface area (Å²) in [4.78, 5) is 3.98. The van der Waals surface area contributed by atoms with Crippen LogP contribution in [0.5, 0.6) is 5.75 Å². The lowest BCUT2D eigenvalue weighted by molar-refractivity contribution is -0.138. The van der Waals surface area contributed by atoms with Gasteiger partial charge in [-0.2, -0.15) is 13.2 Å². The Bertz CT molecular complexity index is 539. The van der Waals surface area contributed by atoms with E-state index in [9.17, 15) is 13.2 Å². The molecule has 2 N–H and O–H groups in total. The van der Waals surface area contributed by atoms with Gasteiger partial charge >= 0.3 is 6.18 Å². The minimum absolute atomic E-state index is 0. The van der Waals surface area contributed by atoms with Gasteiger partial charge in [0.2, 0.25) is 0 Å². The lowest BCUT2D eigenvalue weighted by Crippen LogP contribution is -2.43. The van der Waals surface area contributed by atoms with Gasteiger partial charge in [-0.05, 0) is 24.6 Å². The Balaban J connectivity index is 0.00000529. The number of nitrogens with zero attached hydrogens (tertiary/aromatic N) is 1. The number of hydrogen-bond donors (Lipinski definition) is 2. The Kier molecular flexibility index (Phi) is 10.1. The van der Waals surface area contributed by atoms with Crippen molar-refractivity contribution in [3.63, 3.8) is 0 Å². The van der Waals surface area contributed by atoms with E-state index in [4.69, 9.17) is 9.47 Å². The second kappa shape index (κ2) is 10.6. The summed E-state index contributed by atoms with van der Waals surface area (Å²) >= 11 is 0. The predicted octanol–water partition coefficient (Wildman–Crippen LogP) is 3.03. The molecule has 0 bridgehead atoms. The molecule has 0 radical (unpaired) electrons. The van der Waals surface area contributed by atoms with Crippen molar-refractivity contribution in [1.29, 1.82) is 0 Å². The quantitative estimate of drug-likeness (QED) is 0.389. The Morgan fingerprint density at radius 3 is 2.46 bits per heavy atom. The van der Waals surface area contributed by atoms with Crippen molar-refractivity contribution >= 4 is 29.9 Å². The van der Waals surface area contributed by atoms with Crippen LogP contribution in [0.15, 0.2) is 23.2 Å². The number of nitrogens with one attached hydrogen (secondary N) is 2. The number of alkyl halides is 3. The standard InChI is InChI=1S/C15H22F3N3O2.HI/c1-10(9-22-3)21-14(19-2)20-8-11-5-6-12(23-4)7-13(11)15(16,17)18;/h5-7,10H,8-9H2,1-4H3,(H2,19,20,21);1H. The summed E-state index contributed by atoms with van der Waals surface area (Å²) in [5, 5.41) is 5.89. The van der Waals surface area contributed by atoms with Crippen LogP contribution in [0.4, 0.5) is 13.2 Å². The molecule has 1 rings (SSSR count). The molecule has 0 spiro atoms. The number of methoxy groups -OCH3 is 2. The molecule has 0 saturated carbocycles. The van der Waals surface area contributed by atoms with E-state index in [1.807, 2.05) is 6.92 Å². The highest BCUT2D eigenvalue weighted by molar-refractivity contribution is 14.0.